The van der Waals surface area contributed by atoms with Gasteiger partial charge in [0.25, 0.3) is 0 Å². The smallest absolute Gasteiger partial charge is 0.422 e. The molecule has 3 aromatic rings. The maximum atomic E-state index is 14.0. The summed E-state index contributed by atoms with van der Waals surface area (Å²) < 4.78 is 47.1. The van der Waals surface area contributed by atoms with Gasteiger partial charge in [-0.3, -0.25) is 10.1 Å². The molecule has 2 N–H and O–H groups in total. The summed E-state index contributed by atoms with van der Waals surface area (Å²) in [6, 6.07) is 9.76. The number of aromatic amines is 1. The van der Waals surface area contributed by atoms with Crippen molar-refractivity contribution in [1.29, 1.82) is 0 Å². The lowest BCUT2D eigenvalue weighted by Gasteiger charge is -2.36. The van der Waals surface area contributed by atoms with Gasteiger partial charge in [-0.25, -0.2) is 0 Å². The van der Waals surface area contributed by atoms with E-state index < -0.39 is 23.6 Å². The fourth-order valence-electron chi connectivity index (χ4n) is 3.48. The van der Waals surface area contributed by atoms with Gasteiger partial charge >= 0.3 is 6.18 Å². The Bertz CT molecular complexity index is 1080. The van der Waals surface area contributed by atoms with E-state index in [1.165, 1.54) is 13.3 Å². The van der Waals surface area contributed by atoms with Gasteiger partial charge in [-0.1, -0.05) is 43.6 Å². The predicted octanol–water partition coefficient (Wildman–Crippen LogP) is 5.59. The van der Waals surface area contributed by atoms with E-state index in [4.69, 9.17) is 16.3 Å². The summed E-state index contributed by atoms with van der Waals surface area (Å²) in [4.78, 5) is 3.97. The standard InChI is InChI=1S/C21H21ClF3N3O2/c1-19(2,14-6-4-7-15(22)18(14)30-3)11-20(29,21(23,24)25)12-26-16-8-5-9-17-13(16)10-27-28-17/h4-10,12,29H,11H2,1-3H3,(H,27,28)/b26-12+. The first-order valence-electron chi connectivity index (χ1n) is 9.08. The molecule has 5 nitrogen and oxygen atoms in total. The van der Waals surface area contributed by atoms with Crippen LogP contribution in [0.2, 0.25) is 5.02 Å². The minimum atomic E-state index is -4.95. The number of ether oxygens (including phenoxy) is 1. The van der Waals surface area contributed by atoms with Gasteiger partial charge in [0.15, 0.2) is 5.60 Å². The van der Waals surface area contributed by atoms with Crippen LogP contribution in [0.15, 0.2) is 47.6 Å². The SMILES string of the molecule is COc1c(Cl)cccc1C(C)(C)CC(O)(/C=N/c1cccc2[nH]ncc12)C(F)(F)F. The van der Waals surface area contributed by atoms with Crippen LogP contribution in [-0.2, 0) is 5.41 Å². The predicted molar refractivity (Wildman–Crippen MR) is 111 cm³/mol. The molecule has 0 bridgehead atoms. The number of nitrogens with one attached hydrogen (secondary N) is 1. The third-order valence-corrected chi connectivity index (χ3v) is 5.28. The summed E-state index contributed by atoms with van der Waals surface area (Å²) in [6.45, 7) is 3.17. The van der Waals surface area contributed by atoms with Crippen molar-refractivity contribution in [3.63, 3.8) is 0 Å². The van der Waals surface area contributed by atoms with Crippen molar-refractivity contribution in [2.24, 2.45) is 4.99 Å². The van der Waals surface area contributed by atoms with Gasteiger partial charge < -0.3 is 9.84 Å². The third-order valence-electron chi connectivity index (χ3n) is 4.98. The molecule has 0 aliphatic carbocycles. The highest BCUT2D eigenvalue weighted by atomic mass is 35.5. The molecule has 2 aromatic carbocycles. The Hall–Kier alpha value is -2.58. The van der Waals surface area contributed by atoms with Crippen molar-refractivity contribution < 1.29 is 23.0 Å². The molecule has 0 aliphatic heterocycles. The van der Waals surface area contributed by atoms with Crippen LogP contribution >= 0.6 is 11.6 Å². The number of halogens is 4. The van der Waals surface area contributed by atoms with Crippen LogP contribution in [0, 0.1) is 0 Å². The van der Waals surface area contributed by atoms with Gasteiger partial charge in [0.05, 0.1) is 29.5 Å². The topological polar surface area (TPSA) is 70.5 Å². The fourth-order valence-corrected chi connectivity index (χ4v) is 3.73. The Balaban J connectivity index is 2.02. The summed E-state index contributed by atoms with van der Waals surface area (Å²) in [6.07, 6.45) is -3.63. The van der Waals surface area contributed by atoms with E-state index in [0.29, 0.717) is 22.7 Å². The first-order chi connectivity index (χ1) is 14.0. The summed E-state index contributed by atoms with van der Waals surface area (Å²) in [5.41, 5.74) is -2.99. The molecule has 0 saturated carbocycles. The molecule has 0 saturated heterocycles. The second-order valence-electron chi connectivity index (χ2n) is 7.67. The van der Waals surface area contributed by atoms with Gasteiger partial charge in [0, 0.05) is 17.2 Å². The molecule has 1 unspecified atom stereocenters. The monoisotopic (exact) mass is 439 g/mol. The number of hydrogen-bond donors (Lipinski definition) is 2. The van der Waals surface area contributed by atoms with Crippen molar-refractivity contribution in [3.8, 4) is 5.75 Å². The molecule has 0 spiro atoms. The van der Waals surface area contributed by atoms with Crippen LogP contribution in [-0.4, -0.2) is 40.4 Å². The zero-order valence-electron chi connectivity index (χ0n) is 16.6. The first kappa shape index (κ1) is 22.1. The summed E-state index contributed by atoms with van der Waals surface area (Å²) in [5.74, 6) is 0.272. The maximum Gasteiger partial charge on any atom is 0.422 e. The average molecular weight is 440 g/mol. The van der Waals surface area contributed by atoms with E-state index in [0.717, 1.165) is 0 Å². The highest BCUT2D eigenvalue weighted by Crippen LogP contribution is 2.44. The van der Waals surface area contributed by atoms with Crippen LogP contribution in [0.4, 0.5) is 18.9 Å². The van der Waals surface area contributed by atoms with Gasteiger partial charge in [0.2, 0.25) is 0 Å². The highest BCUT2D eigenvalue weighted by molar-refractivity contribution is 6.32. The number of alkyl halides is 3. The molecule has 3 rings (SSSR count). The quantitative estimate of drug-likeness (QED) is 0.492. The van der Waals surface area contributed by atoms with Crippen molar-refractivity contribution >= 4 is 34.4 Å². The van der Waals surface area contributed by atoms with Gasteiger partial charge in [0.1, 0.15) is 5.75 Å². The lowest BCUT2D eigenvalue weighted by Crippen LogP contribution is -2.50. The first-order valence-corrected chi connectivity index (χ1v) is 9.46. The zero-order chi connectivity index (χ0) is 22.2. The molecule has 1 atom stereocenters. The van der Waals surface area contributed by atoms with Crippen LogP contribution in [0.25, 0.3) is 10.9 Å². The van der Waals surface area contributed by atoms with E-state index in [2.05, 4.69) is 15.2 Å². The fraction of sp³-hybridized carbons (Fsp3) is 0.333. The van der Waals surface area contributed by atoms with Crippen molar-refractivity contribution in [2.75, 3.05) is 7.11 Å². The van der Waals surface area contributed by atoms with Crippen molar-refractivity contribution in [1.82, 2.24) is 10.2 Å². The number of benzene rings is 2. The van der Waals surface area contributed by atoms with E-state index in [9.17, 15) is 18.3 Å². The minimum Gasteiger partial charge on any atom is -0.495 e. The molecule has 30 heavy (non-hydrogen) atoms. The number of methoxy groups -OCH3 is 1. The molecule has 1 aromatic heterocycles. The number of nitrogens with zero attached hydrogens (tertiary/aromatic N) is 2. The number of rotatable bonds is 6. The molecular weight excluding hydrogens is 419 g/mol. The van der Waals surface area contributed by atoms with Crippen molar-refractivity contribution in [2.45, 2.75) is 37.5 Å². The number of H-pyrrole nitrogens is 1. The molecule has 9 heteroatoms. The number of para-hydroxylation sites is 1. The molecule has 0 amide bonds. The largest absolute Gasteiger partial charge is 0.495 e. The third kappa shape index (κ3) is 4.15. The Labute approximate surface area is 176 Å². The normalized spacial score (nSPS) is 14.9. The lowest BCUT2D eigenvalue weighted by atomic mass is 9.75. The summed E-state index contributed by atoms with van der Waals surface area (Å²) in [7, 11) is 1.39. The van der Waals surface area contributed by atoms with E-state index in [-0.39, 0.29) is 16.5 Å². The number of fused-ring (bicyclic) bond motifs is 1. The van der Waals surface area contributed by atoms with Crippen LogP contribution in [0.3, 0.4) is 0 Å². The second-order valence-corrected chi connectivity index (χ2v) is 8.08. The summed E-state index contributed by atoms with van der Waals surface area (Å²) in [5, 5.41) is 18.1. The van der Waals surface area contributed by atoms with Gasteiger partial charge in [-0.15, -0.1) is 0 Å². The lowest BCUT2D eigenvalue weighted by molar-refractivity contribution is -0.234. The Morgan fingerprint density at radius 2 is 1.90 bits per heavy atom. The minimum absolute atomic E-state index is 0.266. The van der Waals surface area contributed by atoms with Gasteiger partial charge in [-0.05, 0) is 30.0 Å². The Morgan fingerprint density at radius 1 is 1.20 bits per heavy atom. The van der Waals surface area contributed by atoms with E-state index in [1.807, 2.05) is 0 Å². The average Bonchev–Trinajstić information content (AvgIpc) is 3.14. The number of aliphatic imine (C=N–C) groups is 1. The number of aliphatic hydroxyl groups is 1. The number of aromatic nitrogens is 2. The van der Waals surface area contributed by atoms with E-state index >= 15 is 0 Å². The summed E-state index contributed by atoms with van der Waals surface area (Å²) >= 11 is 6.14. The molecule has 0 fully saturated rings. The Kier molecular flexibility index (Phi) is 5.84. The molecule has 1 heterocycles. The van der Waals surface area contributed by atoms with Crippen LogP contribution in [0.5, 0.6) is 5.75 Å². The second kappa shape index (κ2) is 7.92. The molecule has 0 aliphatic rings. The molecule has 160 valence electrons. The van der Waals surface area contributed by atoms with Crippen LogP contribution < -0.4 is 4.74 Å². The van der Waals surface area contributed by atoms with Gasteiger partial charge in [-0.2, -0.15) is 18.3 Å². The zero-order valence-corrected chi connectivity index (χ0v) is 17.3. The molecular formula is C21H21ClF3N3O2. The maximum absolute atomic E-state index is 14.0. The Morgan fingerprint density at radius 3 is 2.57 bits per heavy atom. The van der Waals surface area contributed by atoms with Crippen LogP contribution in [0.1, 0.15) is 25.8 Å². The van der Waals surface area contributed by atoms with E-state index in [1.54, 1.807) is 50.2 Å². The molecule has 0 radical (unpaired) electrons. The highest BCUT2D eigenvalue weighted by Gasteiger charge is 2.55. The number of hydrogen-bond acceptors (Lipinski definition) is 4. The van der Waals surface area contributed by atoms with Crippen molar-refractivity contribution in [3.05, 3.63) is 53.2 Å².